The Morgan fingerprint density at radius 1 is 1.33 bits per heavy atom. The second-order valence-electron chi connectivity index (χ2n) is 4.87. The van der Waals surface area contributed by atoms with Crippen molar-refractivity contribution < 1.29 is 14.7 Å². The standard InChI is InChI=1S/C12H16BrN5O3/c1-16(2)10(19)9-7-17(3-4-18(9)12(20)21)11-14-5-8(13)6-15-11/h5-6,9H,3-4,7H2,1-2H3,(H,20,21). The fourth-order valence-electron chi connectivity index (χ4n) is 2.17. The number of amides is 2. The minimum absolute atomic E-state index is 0.235. The molecule has 1 aromatic heterocycles. The van der Waals surface area contributed by atoms with E-state index in [1.807, 2.05) is 4.90 Å². The zero-order valence-corrected chi connectivity index (χ0v) is 13.3. The van der Waals surface area contributed by atoms with Gasteiger partial charge in [0.15, 0.2) is 0 Å². The minimum Gasteiger partial charge on any atom is -0.465 e. The van der Waals surface area contributed by atoms with Crippen LogP contribution in [0.2, 0.25) is 0 Å². The number of nitrogens with zero attached hydrogens (tertiary/aromatic N) is 5. The van der Waals surface area contributed by atoms with E-state index in [9.17, 15) is 14.7 Å². The molecule has 0 radical (unpaired) electrons. The lowest BCUT2D eigenvalue weighted by molar-refractivity contribution is -0.134. The highest BCUT2D eigenvalue weighted by Gasteiger charge is 2.36. The molecule has 1 saturated heterocycles. The maximum Gasteiger partial charge on any atom is 0.408 e. The smallest absolute Gasteiger partial charge is 0.408 e. The van der Waals surface area contributed by atoms with E-state index >= 15 is 0 Å². The molecule has 0 aromatic carbocycles. The SMILES string of the molecule is CN(C)C(=O)C1CN(c2ncc(Br)cn2)CCN1C(=O)O. The average Bonchev–Trinajstić information content (AvgIpc) is 2.46. The van der Waals surface area contributed by atoms with Crippen LogP contribution in [0, 0.1) is 0 Å². The predicted octanol–water partition coefficient (Wildman–Crippen LogP) is 0.496. The molecule has 8 nitrogen and oxygen atoms in total. The molecule has 1 aliphatic heterocycles. The van der Waals surface area contributed by atoms with Crippen molar-refractivity contribution in [3.8, 4) is 0 Å². The van der Waals surface area contributed by atoms with Gasteiger partial charge in [0, 0.05) is 39.6 Å². The number of halogens is 1. The molecular weight excluding hydrogens is 342 g/mol. The second kappa shape index (κ2) is 6.25. The van der Waals surface area contributed by atoms with Gasteiger partial charge < -0.3 is 14.9 Å². The monoisotopic (exact) mass is 357 g/mol. The van der Waals surface area contributed by atoms with Gasteiger partial charge in [0.1, 0.15) is 6.04 Å². The van der Waals surface area contributed by atoms with Crippen LogP contribution in [0.3, 0.4) is 0 Å². The van der Waals surface area contributed by atoms with Crippen LogP contribution in [0.4, 0.5) is 10.7 Å². The van der Waals surface area contributed by atoms with E-state index in [0.717, 1.165) is 9.37 Å². The number of rotatable bonds is 2. The lowest BCUT2D eigenvalue weighted by atomic mass is 10.1. The molecule has 2 rings (SSSR count). The number of piperazine rings is 1. The lowest BCUT2D eigenvalue weighted by Crippen LogP contribution is -2.60. The molecule has 1 unspecified atom stereocenters. The van der Waals surface area contributed by atoms with Crippen molar-refractivity contribution in [2.75, 3.05) is 38.6 Å². The van der Waals surface area contributed by atoms with Crippen molar-refractivity contribution in [2.24, 2.45) is 0 Å². The molecule has 0 spiro atoms. The van der Waals surface area contributed by atoms with Crippen LogP contribution < -0.4 is 4.90 Å². The normalized spacial score (nSPS) is 18.5. The molecule has 2 heterocycles. The molecule has 1 fully saturated rings. The first-order valence-corrected chi connectivity index (χ1v) is 7.12. The van der Waals surface area contributed by atoms with E-state index in [0.29, 0.717) is 12.5 Å². The third-order valence-corrected chi connectivity index (χ3v) is 3.65. The molecule has 114 valence electrons. The fourth-order valence-corrected chi connectivity index (χ4v) is 2.38. The zero-order chi connectivity index (χ0) is 15.6. The third-order valence-electron chi connectivity index (χ3n) is 3.24. The molecule has 1 atom stereocenters. The number of carbonyl (C=O) groups is 2. The molecule has 0 aliphatic carbocycles. The third kappa shape index (κ3) is 3.41. The van der Waals surface area contributed by atoms with Gasteiger partial charge in [-0.05, 0) is 15.9 Å². The summed E-state index contributed by atoms with van der Waals surface area (Å²) in [5.41, 5.74) is 0. The van der Waals surface area contributed by atoms with Crippen molar-refractivity contribution in [3.05, 3.63) is 16.9 Å². The summed E-state index contributed by atoms with van der Waals surface area (Å²) in [6.07, 6.45) is 2.15. The summed E-state index contributed by atoms with van der Waals surface area (Å²) in [4.78, 5) is 36.2. The number of hydrogen-bond acceptors (Lipinski definition) is 5. The molecule has 0 saturated carbocycles. The average molecular weight is 358 g/mol. The first-order chi connectivity index (χ1) is 9.90. The van der Waals surface area contributed by atoms with Gasteiger partial charge >= 0.3 is 6.09 Å². The van der Waals surface area contributed by atoms with Crippen molar-refractivity contribution in [2.45, 2.75) is 6.04 Å². The highest BCUT2D eigenvalue weighted by molar-refractivity contribution is 9.10. The Kier molecular flexibility index (Phi) is 4.61. The van der Waals surface area contributed by atoms with Crippen molar-refractivity contribution >= 4 is 33.9 Å². The van der Waals surface area contributed by atoms with Gasteiger partial charge in [0.25, 0.3) is 0 Å². The molecule has 1 aromatic rings. The van der Waals surface area contributed by atoms with Gasteiger partial charge in [-0.15, -0.1) is 0 Å². The number of carbonyl (C=O) groups excluding carboxylic acids is 1. The maximum atomic E-state index is 12.2. The fraction of sp³-hybridized carbons (Fsp3) is 0.500. The van der Waals surface area contributed by atoms with E-state index in [1.54, 1.807) is 26.5 Å². The molecule has 1 N–H and O–H groups in total. The van der Waals surface area contributed by atoms with Crippen molar-refractivity contribution in [1.29, 1.82) is 0 Å². The molecule has 1 aliphatic rings. The summed E-state index contributed by atoms with van der Waals surface area (Å²) in [5.74, 6) is 0.235. The largest absolute Gasteiger partial charge is 0.465 e. The molecular formula is C12H16BrN5O3. The van der Waals surface area contributed by atoms with Crippen molar-refractivity contribution in [1.82, 2.24) is 19.8 Å². The Balaban J connectivity index is 2.20. The summed E-state index contributed by atoms with van der Waals surface area (Å²) < 4.78 is 0.760. The van der Waals surface area contributed by atoms with Gasteiger partial charge in [0.2, 0.25) is 11.9 Å². The zero-order valence-electron chi connectivity index (χ0n) is 11.7. The van der Waals surface area contributed by atoms with Crippen LogP contribution in [0.25, 0.3) is 0 Å². The Morgan fingerprint density at radius 3 is 2.48 bits per heavy atom. The molecule has 0 bridgehead atoms. The Morgan fingerprint density at radius 2 is 1.95 bits per heavy atom. The van der Waals surface area contributed by atoms with Gasteiger partial charge in [-0.2, -0.15) is 0 Å². The van der Waals surface area contributed by atoms with Crippen LogP contribution >= 0.6 is 15.9 Å². The van der Waals surface area contributed by atoms with Crippen LogP contribution in [0.1, 0.15) is 0 Å². The number of anilines is 1. The number of likely N-dealkylation sites (N-methyl/N-ethyl adjacent to an activating group) is 1. The van der Waals surface area contributed by atoms with E-state index in [-0.39, 0.29) is 19.0 Å². The highest BCUT2D eigenvalue weighted by Crippen LogP contribution is 2.17. The second-order valence-corrected chi connectivity index (χ2v) is 5.79. The van der Waals surface area contributed by atoms with E-state index in [1.165, 1.54) is 4.90 Å². The summed E-state index contributed by atoms with van der Waals surface area (Å²) in [5, 5.41) is 9.23. The minimum atomic E-state index is -1.09. The van der Waals surface area contributed by atoms with Gasteiger partial charge in [-0.3, -0.25) is 9.69 Å². The highest BCUT2D eigenvalue weighted by atomic mass is 79.9. The predicted molar refractivity (Wildman–Crippen MR) is 79.2 cm³/mol. The van der Waals surface area contributed by atoms with Gasteiger partial charge in [0.05, 0.1) is 11.0 Å². The van der Waals surface area contributed by atoms with E-state index < -0.39 is 12.1 Å². The molecule has 21 heavy (non-hydrogen) atoms. The Bertz CT molecular complexity index is 536. The van der Waals surface area contributed by atoms with E-state index in [2.05, 4.69) is 25.9 Å². The molecule has 9 heteroatoms. The maximum absolute atomic E-state index is 12.2. The van der Waals surface area contributed by atoms with Crippen molar-refractivity contribution in [3.63, 3.8) is 0 Å². The number of aromatic nitrogens is 2. The lowest BCUT2D eigenvalue weighted by Gasteiger charge is -2.39. The summed E-state index contributed by atoms with van der Waals surface area (Å²) >= 11 is 3.26. The van der Waals surface area contributed by atoms with E-state index in [4.69, 9.17) is 0 Å². The number of carboxylic acid groups (broad SMARTS) is 1. The summed E-state index contributed by atoms with van der Waals surface area (Å²) in [6.45, 7) is 0.926. The first kappa shape index (κ1) is 15.5. The van der Waals surface area contributed by atoms with Crippen LogP contribution in [0.5, 0.6) is 0 Å². The van der Waals surface area contributed by atoms with Crippen LogP contribution in [0.15, 0.2) is 16.9 Å². The quantitative estimate of drug-likeness (QED) is 0.828. The Labute approximate surface area is 130 Å². The topological polar surface area (TPSA) is 89.9 Å². The van der Waals surface area contributed by atoms with Gasteiger partial charge in [-0.25, -0.2) is 14.8 Å². The Hall–Kier alpha value is -1.90. The van der Waals surface area contributed by atoms with Crippen LogP contribution in [-0.2, 0) is 4.79 Å². The molecule has 2 amide bonds. The number of hydrogen-bond donors (Lipinski definition) is 1. The summed E-state index contributed by atoms with van der Waals surface area (Å²) in [6, 6.07) is -0.751. The van der Waals surface area contributed by atoms with Gasteiger partial charge in [-0.1, -0.05) is 0 Å². The first-order valence-electron chi connectivity index (χ1n) is 6.33. The van der Waals surface area contributed by atoms with Crippen LogP contribution in [-0.4, -0.2) is 76.6 Å². The summed E-state index contributed by atoms with van der Waals surface area (Å²) in [7, 11) is 3.22.